The molecule has 1 N–H and O–H groups in total. The molecule has 0 bridgehead atoms. The van der Waals surface area contributed by atoms with Crippen LogP contribution in [0, 0.1) is 5.92 Å². The first kappa shape index (κ1) is 16.5. The molecule has 0 spiro atoms. The van der Waals surface area contributed by atoms with Crippen molar-refractivity contribution in [2.24, 2.45) is 5.92 Å². The Morgan fingerprint density at radius 3 is 1.88 bits per heavy atom. The van der Waals surface area contributed by atoms with Crippen molar-refractivity contribution >= 4 is 5.78 Å². The summed E-state index contributed by atoms with van der Waals surface area (Å²) >= 11 is 0. The van der Waals surface area contributed by atoms with E-state index in [4.69, 9.17) is 9.47 Å². The Kier molecular flexibility index (Phi) is 4.86. The number of hydrogen-bond acceptors (Lipinski definition) is 4. The van der Waals surface area contributed by atoms with E-state index < -0.39 is 0 Å². The van der Waals surface area contributed by atoms with Crippen molar-refractivity contribution in [1.29, 1.82) is 0 Å². The van der Waals surface area contributed by atoms with Crippen LogP contribution in [0.25, 0.3) is 0 Å². The molecule has 3 atom stereocenters. The van der Waals surface area contributed by atoms with E-state index in [9.17, 15) is 4.79 Å². The fourth-order valence-corrected chi connectivity index (χ4v) is 3.24. The summed E-state index contributed by atoms with van der Waals surface area (Å²) < 4.78 is 10.4. The van der Waals surface area contributed by atoms with E-state index >= 15 is 0 Å². The van der Waals surface area contributed by atoms with Crippen molar-refractivity contribution < 1.29 is 14.3 Å². The second-order valence-corrected chi connectivity index (χ2v) is 6.20. The Bertz CT molecular complexity index is 694. The third-order valence-electron chi connectivity index (χ3n) is 4.79. The number of rotatable bonds is 4. The van der Waals surface area contributed by atoms with Crippen LogP contribution in [0.3, 0.4) is 0 Å². The maximum Gasteiger partial charge on any atom is 0.139 e. The summed E-state index contributed by atoms with van der Waals surface area (Å²) in [5.74, 6) is 1.88. The molecule has 1 aliphatic heterocycles. The predicted molar refractivity (Wildman–Crippen MR) is 93.4 cm³/mol. The molecule has 0 radical (unpaired) electrons. The lowest BCUT2D eigenvalue weighted by Crippen LogP contribution is -2.41. The highest BCUT2D eigenvalue weighted by Crippen LogP contribution is 2.35. The average molecular weight is 325 g/mol. The van der Waals surface area contributed by atoms with Crippen LogP contribution in [0.5, 0.6) is 11.5 Å². The van der Waals surface area contributed by atoms with E-state index in [0.717, 1.165) is 22.6 Å². The van der Waals surface area contributed by atoms with Crippen LogP contribution in [-0.4, -0.2) is 20.0 Å². The van der Waals surface area contributed by atoms with Gasteiger partial charge in [-0.1, -0.05) is 31.2 Å². The summed E-state index contributed by atoms with van der Waals surface area (Å²) in [5, 5.41) is 3.64. The van der Waals surface area contributed by atoms with Crippen molar-refractivity contribution in [3.63, 3.8) is 0 Å². The van der Waals surface area contributed by atoms with Crippen LogP contribution < -0.4 is 14.8 Å². The van der Waals surface area contributed by atoms with Crippen molar-refractivity contribution in [2.45, 2.75) is 25.4 Å². The van der Waals surface area contributed by atoms with Crippen molar-refractivity contribution in [1.82, 2.24) is 5.32 Å². The summed E-state index contributed by atoms with van der Waals surface area (Å²) in [7, 11) is 3.30. The molecule has 0 unspecified atom stereocenters. The monoisotopic (exact) mass is 325 g/mol. The molecule has 1 heterocycles. The SMILES string of the molecule is COc1ccc([C@H]2N[C@@H](c3ccc(OC)cc3)CC(=O)[C@@H]2C)cc1. The van der Waals surface area contributed by atoms with Crippen LogP contribution in [-0.2, 0) is 4.79 Å². The summed E-state index contributed by atoms with van der Waals surface area (Å²) in [5.41, 5.74) is 2.21. The topological polar surface area (TPSA) is 47.6 Å². The maximum atomic E-state index is 12.5. The van der Waals surface area contributed by atoms with E-state index in [1.807, 2.05) is 55.5 Å². The zero-order chi connectivity index (χ0) is 17.1. The number of carbonyl (C=O) groups excluding carboxylic acids is 1. The molecule has 1 saturated heterocycles. The lowest BCUT2D eigenvalue weighted by Gasteiger charge is -2.35. The number of ether oxygens (including phenoxy) is 2. The van der Waals surface area contributed by atoms with Crippen LogP contribution in [0.4, 0.5) is 0 Å². The number of nitrogens with one attached hydrogen (secondary N) is 1. The van der Waals surface area contributed by atoms with Crippen molar-refractivity contribution in [3.8, 4) is 11.5 Å². The van der Waals surface area contributed by atoms with Crippen LogP contribution in [0.2, 0.25) is 0 Å². The molecule has 1 aliphatic rings. The fourth-order valence-electron chi connectivity index (χ4n) is 3.24. The van der Waals surface area contributed by atoms with Gasteiger partial charge in [0.25, 0.3) is 0 Å². The van der Waals surface area contributed by atoms with Crippen LogP contribution >= 0.6 is 0 Å². The van der Waals surface area contributed by atoms with Gasteiger partial charge in [-0.15, -0.1) is 0 Å². The molecule has 2 aromatic carbocycles. The van der Waals surface area contributed by atoms with Gasteiger partial charge in [0.2, 0.25) is 0 Å². The molecule has 0 aromatic heterocycles. The van der Waals surface area contributed by atoms with Gasteiger partial charge in [0.15, 0.2) is 0 Å². The van der Waals surface area contributed by atoms with E-state index in [-0.39, 0.29) is 23.8 Å². The third kappa shape index (κ3) is 3.29. The van der Waals surface area contributed by atoms with Gasteiger partial charge in [0.05, 0.1) is 14.2 Å². The Morgan fingerprint density at radius 2 is 1.38 bits per heavy atom. The van der Waals surface area contributed by atoms with Gasteiger partial charge >= 0.3 is 0 Å². The Labute approximate surface area is 142 Å². The minimum Gasteiger partial charge on any atom is -0.497 e. The number of piperidine rings is 1. The summed E-state index contributed by atoms with van der Waals surface area (Å²) in [6.45, 7) is 1.99. The zero-order valence-corrected chi connectivity index (χ0v) is 14.3. The maximum absolute atomic E-state index is 12.5. The fraction of sp³-hybridized carbons (Fsp3) is 0.350. The molecule has 1 fully saturated rings. The first-order chi connectivity index (χ1) is 11.6. The molecule has 4 heteroatoms. The number of ketones is 1. The second kappa shape index (κ2) is 7.05. The highest BCUT2D eigenvalue weighted by Gasteiger charge is 2.34. The third-order valence-corrected chi connectivity index (χ3v) is 4.79. The van der Waals surface area contributed by atoms with Gasteiger partial charge in [-0.3, -0.25) is 4.79 Å². The Hall–Kier alpha value is -2.33. The highest BCUT2D eigenvalue weighted by atomic mass is 16.5. The molecule has 4 nitrogen and oxygen atoms in total. The number of Topliss-reactive ketones (excluding diaryl/α,β-unsaturated/α-hetero) is 1. The number of hydrogen-bond donors (Lipinski definition) is 1. The average Bonchev–Trinajstić information content (AvgIpc) is 2.64. The molecule has 0 aliphatic carbocycles. The summed E-state index contributed by atoms with van der Waals surface area (Å²) in [4.78, 5) is 12.5. The van der Waals surface area contributed by atoms with Crippen molar-refractivity contribution in [3.05, 3.63) is 59.7 Å². The van der Waals surface area contributed by atoms with Gasteiger partial charge in [-0.25, -0.2) is 0 Å². The molecular formula is C20H23NO3. The molecule has 3 rings (SSSR count). The van der Waals surface area contributed by atoms with E-state index in [2.05, 4.69) is 5.32 Å². The Morgan fingerprint density at radius 1 is 0.875 bits per heavy atom. The molecule has 24 heavy (non-hydrogen) atoms. The number of carbonyl (C=O) groups is 1. The van der Waals surface area contributed by atoms with Gasteiger partial charge in [0.1, 0.15) is 17.3 Å². The minimum atomic E-state index is -0.0482. The standard InChI is InChI=1S/C20H23NO3/c1-13-19(22)12-18(14-4-8-16(23-2)9-5-14)21-20(13)15-6-10-17(24-3)11-7-15/h4-11,13,18,20-21H,12H2,1-3H3/t13-,18+,20-/m0/s1. The molecule has 0 amide bonds. The van der Waals surface area contributed by atoms with E-state index in [1.54, 1.807) is 14.2 Å². The van der Waals surface area contributed by atoms with Crippen molar-refractivity contribution in [2.75, 3.05) is 14.2 Å². The van der Waals surface area contributed by atoms with Gasteiger partial charge in [-0.05, 0) is 35.4 Å². The summed E-state index contributed by atoms with van der Waals surface area (Å²) in [6.07, 6.45) is 0.514. The second-order valence-electron chi connectivity index (χ2n) is 6.20. The largest absolute Gasteiger partial charge is 0.497 e. The smallest absolute Gasteiger partial charge is 0.139 e. The lowest BCUT2D eigenvalue weighted by molar-refractivity contribution is -0.126. The molecule has 126 valence electrons. The number of benzene rings is 2. The predicted octanol–water partition coefficient (Wildman–Crippen LogP) is 3.68. The zero-order valence-electron chi connectivity index (χ0n) is 14.3. The van der Waals surface area contributed by atoms with Gasteiger partial charge in [0, 0.05) is 24.4 Å². The summed E-state index contributed by atoms with van der Waals surface area (Å²) in [6, 6.07) is 15.8. The van der Waals surface area contributed by atoms with E-state index in [0.29, 0.717) is 6.42 Å². The van der Waals surface area contributed by atoms with E-state index in [1.165, 1.54) is 0 Å². The minimum absolute atomic E-state index is 0.00394. The molecule has 0 saturated carbocycles. The first-order valence-corrected chi connectivity index (χ1v) is 8.19. The number of methoxy groups -OCH3 is 2. The normalized spacial score (nSPS) is 23.8. The molecular weight excluding hydrogens is 302 g/mol. The quantitative estimate of drug-likeness (QED) is 0.931. The first-order valence-electron chi connectivity index (χ1n) is 8.19. The van der Waals surface area contributed by atoms with Crippen LogP contribution in [0.1, 0.15) is 36.6 Å². The van der Waals surface area contributed by atoms with Crippen LogP contribution in [0.15, 0.2) is 48.5 Å². The molecule has 2 aromatic rings. The lowest BCUT2D eigenvalue weighted by atomic mass is 9.82. The van der Waals surface area contributed by atoms with Gasteiger partial charge < -0.3 is 14.8 Å². The highest BCUT2D eigenvalue weighted by molar-refractivity contribution is 5.83. The van der Waals surface area contributed by atoms with Gasteiger partial charge in [-0.2, -0.15) is 0 Å². The Balaban J connectivity index is 1.84.